The lowest BCUT2D eigenvalue weighted by Gasteiger charge is -2.08. The van der Waals surface area contributed by atoms with Crippen molar-refractivity contribution in [1.82, 2.24) is 0 Å². The molecule has 0 aliphatic heterocycles. The molecule has 1 heteroatoms. The quantitative estimate of drug-likeness (QED) is 0.508. The molecule has 1 atom stereocenters. The summed E-state index contributed by atoms with van der Waals surface area (Å²) in [4.78, 5) is 4.36. The van der Waals surface area contributed by atoms with Gasteiger partial charge in [0.2, 0.25) is 0 Å². The average molecular weight is 149 g/mol. The van der Waals surface area contributed by atoms with Gasteiger partial charge in [0.25, 0.3) is 0 Å². The Morgan fingerprint density at radius 2 is 2.27 bits per heavy atom. The Morgan fingerprint density at radius 3 is 2.73 bits per heavy atom. The van der Waals surface area contributed by atoms with Crippen molar-refractivity contribution < 1.29 is 0 Å². The lowest BCUT2D eigenvalue weighted by atomic mass is 10.0. The van der Waals surface area contributed by atoms with Crippen LogP contribution < -0.4 is 0 Å². The third-order valence-electron chi connectivity index (χ3n) is 1.65. The number of hydrogen-bond acceptors (Lipinski definition) is 1. The SMILES string of the molecule is CC(C)=NC1=CCC(C)C=C1. The van der Waals surface area contributed by atoms with E-state index in [4.69, 9.17) is 0 Å². The molecule has 0 aromatic rings. The fourth-order valence-corrected chi connectivity index (χ4v) is 1.06. The van der Waals surface area contributed by atoms with E-state index in [0.29, 0.717) is 5.92 Å². The van der Waals surface area contributed by atoms with Crippen LogP contribution in [0.2, 0.25) is 0 Å². The Hall–Kier alpha value is -0.850. The minimum Gasteiger partial charge on any atom is -0.259 e. The summed E-state index contributed by atoms with van der Waals surface area (Å²) in [5, 5.41) is 0. The summed E-state index contributed by atoms with van der Waals surface area (Å²) in [5.41, 5.74) is 2.23. The minimum absolute atomic E-state index is 0.686. The second-order valence-corrected chi connectivity index (χ2v) is 3.26. The lowest BCUT2D eigenvalue weighted by Crippen LogP contribution is -1.94. The second-order valence-electron chi connectivity index (χ2n) is 3.26. The van der Waals surface area contributed by atoms with Crippen molar-refractivity contribution in [1.29, 1.82) is 0 Å². The Morgan fingerprint density at radius 1 is 1.55 bits per heavy atom. The number of rotatable bonds is 1. The molecule has 0 saturated heterocycles. The molecule has 0 saturated carbocycles. The van der Waals surface area contributed by atoms with Crippen molar-refractivity contribution in [2.24, 2.45) is 10.9 Å². The van der Waals surface area contributed by atoms with E-state index in [1.54, 1.807) is 0 Å². The Bertz CT molecular complexity index is 217. The van der Waals surface area contributed by atoms with Crippen LogP contribution in [0, 0.1) is 5.92 Å². The van der Waals surface area contributed by atoms with Gasteiger partial charge in [-0.2, -0.15) is 0 Å². The molecule has 1 aliphatic carbocycles. The Labute approximate surface area is 68.5 Å². The van der Waals surface area contributed by atoms with Crippen molar-refractivity contribution in [3.8, 4) is 0 Å². The van der Waals surface area contributed by atoms with E-state index >= 15 is 0 Å². The predicted octanol–water partition coefficient (Wildman–Crippen LogP) is 2.95. The monoisotopic (exact) mass is 149 g/mol. The molecule has 0 aromatic heterocycles. The highest BCUT2D eigenvalue weighted by Crippen LogP contribution is 2.16. The lowest BCUT2D eigenvalue weighted by molar-refractivity contribution is 0.730. The van der Waals surface area contributed by atoms with Gasteiger partial charge in [0.15, 0.2) is 0 Å². The van der Waals surface area contributed by atoms with Crippen LogP contribution in [0.4, 0.5) is 0 Å². The summed E-state index contributed by atoms with van der Waals surface area (Å²) in [6, 6.07) is 0. The first-order valence-corrected chi connectivity index (χ1v) is 4.09. The van der Waals surface area contributed by atoms with Crippen LogP contribution in [0.25, 0.3) is 0 Å². The largest absolute Gasteiger partial charge is 0.259 e. The highest BCUT2D eigenvalue weighted by atomic mass is 14.7. The van der Waals surface area contributed by atoms with E-state index < -0.39 is 0 Å². The number of nitrogens with zero attached hydrogens (tertiary/aromatic N) is 1. The molecule has 0 radical (unpaired) electrons. The fraction of sp³-hybridized carbons (Fsp3) is 0.500. The molecule has 1 rings (SSSR count). The minimum atomic E-state index is 0.686. The van der Waals surface area contributed by atoms with Crippen molar-refractivity contribution >= 4 is 5.71 Å². The Kier molecular flexibility index (Phi) is 2.64. The van der Waals surface area contributed by atoms with E-state index in [0.717, 1.165) is 17.8 Å². The first kappa shape index (κ1) is 8.25. The van der Waals surface area contributed by atoms with Crippen LogP contribution in [0.1, 0.15) is 27.2 Å². The van der Waals surface area contributed by atoms with Crippen LogP contribution in [-0.4, -0.2) is 5.71 Å². The van der Waals surface area contributed by atoms with Gasteiger partial charge in [-0.1, -0.05) is 19.1 Å². The highest BCUT2D eigenvalue weighted by Gasteiger charge is 2.01. The number of aliphatic imine (C=N–C) groups is 1. The van der Waals surface area contributed by atoms with Gasteiger partial charge >= 0.3 is 0 Å². The standard InChI is InChI=1S/C10H15N/c1-8(2)11-10-6-4-9(3)5-7-10/h4,6-7,9H,5H2,1-3H3. The van der Waals surface area contributed by atoms with Gasteiger partial charge in [-0.25, -0.2) is 0 Å². The highest BCUT2D eigenvalue weighted by molar-refractivity contribution is 5.80. The zero-order valence-corrected chi connectivity index (χ0v) is 7.46. The van der Waals surface area contributed by atoms with E-state index in [1.165, 1.54) is 0 Å². The molecule has 1 unspecified atom stereocenters. The number of hydrogen-bond donors (Lipinski definition) is 0. The van der Waals surface area contributed by atoms with Crippen molar-refractivity contribution in [3.63, 3.8) is 0 Å². The van der Waals surface area contributed by atoms with E-state index in [2.05, 4.69) is 30.1 Å². The molecule has 60 valence electrons. The molecule has 0 bridgehead atoms. The van der Waals surface area contributed by atoms with Crippen LogP contribution >= 0.6 is 0 Å². The van der Waals surface area contributed by atoms with Crippen LogP contribution in [0.15, 0.2) is 28.9 Å². The van der Waals surface area contributed by atoms with Gasteiger partial charge in [0.05, 0.1) is 5.70 Å². The molecule has 0 amide bonds. The summed E-state index contributed by atoms with van der Waals surface area (Å²) in [6.45, 7) is 6.26. The van der Waals surface area contributed by atoms with Gasteiger partial charge in [0, 0.05) is 5.71 Å². The third kappa shape index (κ3) is 2.71. The first-order valence-electron chi connectivity index (χ1n) is 4.09. The van der Waals surface area contributed by atoms with Gasteiger partial charge in [-0.15, -0.1) is 0 Å². The maximum absolute atomic E-state index is 4.36. The summed E-state index contributed by atoms with van der Waals surface area (Å²) < 4.78 is 0. The van der Waals surface area contributed by atoms with Crippen LogP contribution in [0.3, 0.4) is 0 Å². The van der Waals surface area contributed by atoms with Crippen LogP contribution in [0.5, 0.6) is 0 Å². The predicted molar refractivity (Wildman–Crippen MR) is 49.8 cm³/mol. The molecular formula is C10H15N. The summed E-state index contributed by atoms with van der Waals surface area (Å²) >= 11 is 0. The fourth-order valence-electron chi connectivity index (χ4n) is 1.06. The molecule has 1 aliphatic rings. The van der Waals surface area contributed by atoms with Crippen molar-refractivity contribution in [2.75, 3.05) is 0 Å². The smallest absolute Gasteiger partial charge is 0.0586 e. The van der Waals surface area contributed by atoms with Crippen molar-refractivity contribution in [3.05, 3.63) is 23.9 Å². The molecule has 0 aromatic carbocycles. The summed E-state index contributed by atoms with van der Waals surface area (Å²) in [7, 11) is 0. The maximum Gasteiger partial charge on any atom is 0.0586 e. The zero-order chi connectivity index (χ0) is 8.27. The normalized spacial score (nSPS) is 22.8. The second kappa shape index (κ2) is 3.51. The van der Waals surface area contributed by atoms with Crippen molar-refractivity contribution in [2.45, 2.75) is 27.2 Å². The first-order chi connectivity index (χ1) is 5.18. The average Bonchev–Trinajstić information content (AvgIpc) is 1.93. The summed E-state index contributed by atoms with van der Waals surface area (Å²) in [5.74, 6) is 0.686. The maximum atomic E-state index is 4.36. The molecule has 0 N–H and O–H groups in total. The molecule has 0 fully saturated rings. The van der Waals surface area contributed by atoms with Gasteiger partial charge in [-0.3, -0.25) is 4.99 Å². The van der Waals surface area contributed by atoms with Gasteiger partial charge in [-0.05, 0) is 32.3 Å². The zero-order valence-electron chi connectivity index (χ0n) is 7.46. The Balaban J connectivity index is 2.64. The number of allylic oxidation sites excluding steroid dienone is 3. The van der Waals surface area contributed by atoms with E-state index in [9.17, 15) is 0 Å². The van der Waals surface area contributed by atoms with Crippen LogP contribution in [-0.2, 0) is 0 Å². The topological polar surface area (TPSA) is 12.4 Å². The van der Waals surface area contributed by atoms with E-state index in [1.807, 2.05) is 13.8 Å². The van der Waals surface area contributed by atoms with E-state index in [-0.39, 0.29) is 0 Å². The van der Waals surface area contributed by atoms with Gasteiger partial charge < -0.3 is 0 Å². The molecule has 0 heterocycles. The third-order valence-corrected chi connectivity index (χ3v) is 1.65. The molecule has 1 nitrogen and oxygen atoms in total. The van der Waals surface area contributed by atoms with Gasteiger partial charge in [0.1, 0.15) is 0 Å². The summed E-state index contributed by atoms with van der Waals surface area (Å²) in [6.07, 6.45) is 7.63. The molecule has 0 spiro atoms. The molecule has 11 heavy (non-hydrogen) atoms. The molecular weight excluding hydrogens is 134 g/mol.